The fraction of sp³-hybridized carbons (Fsp3) is 0.417. The van der Waals surface area contributed by atoms with Crippen LogP contribution in [0.5, 0.6) is 0 Å². The van der Waals surface area contributed by atoms with Crippen molar-refractivity contribution in [3.05, 3.63) is 18.2 Å². The molecule has 100 valence electrons. The van der Waals surface area contributed by atoms with Gasteiger partial charge < -0.3 is 26.8 Å². The molecule has 0 spiro atoms. The summed E-state index contributed by atoms with van der Waals surface area (Å²) >= 11 is 0. The van der Waals surface area contributed by atoms with Crippen molar-refractivity contribution in [2.24, 2.45) is 0 Å². The Balaban J connectivity index is 2.24. The minimum absolute atomic E-state index is 0.0111. The first kappa shape index (κ1) is 14.1. The van der Waals surface area contributed by atoms with Crippen LogP contribution in [0.25, 0.3) is 0 Å². The highest BCUT2D eigenvalue weighted by molar-refractivity contribution is 5.76. The van der Waals surface area contributed by atoms with Crippen LogP contribution in [0.4, 0.5) is 17.1 Å². The summed E-state index contributed by atoms with van der Waals surface area (Å²) in [5.74, 6) is -0.0111. The van der Waals surface area contributed by atoms with E-state index >= 15 is 0 Å². The molecule has 0 bridgehead atoms. The lowest BCUT2D eigenvalue weighted by atomic mass is 10.2. The van der Waals surface area contributed by atoms with Crippen molar-refractivity contribution in [3.8, 4) is 0 Å². The molecule has 0 saturated carbocycles. The maximum atomic E-state index is 11.4. The van der Waals surface area contributed by atoms with Crippen LogP contribution in [-0.4, -0.2) is 32.7 Å². The summed E-state index contributed by atoms with van der Waals surface area (Å²) in [6.07, 6.45) is 0.397. The van der Waals surface area contributed by atoms with Crippen molar-refractivity contribution in [1.29, 1.82) is 0 Å². The van der Waals surface area contributed by atoms with Gasteiger partial charge >= 0.3 is 0 Å². The molecule has 6 N–H and O–H groups in total. The van der Waals surface area contributed by atoms with Gasteiger partial charge in [0, 0.05) is 32.3 Å². The third kappa shape index (κ3) is 4.92. The number of anilines is 3. The van der Waals surface area contributed by atoms with Crippen LogP contribution in [0.1, 0.15) is 6.42 Å². The van der Waals surface area contributed by atoms with Crippen molar-refractivity contribution in [1.82, 2.24) is 5.32 Å². The Bertz CT molecular complexity index is 396. The molecular weight excluding hydrogens is 232 g/mol. The number of nitrogens with two attached hydrogens (primary N) is 2. The van der Waals surface area contributed by atoms with E-state index in [-0.39, 0.29) is 5.91 Å². The van der Waals surface area contributed by atoms with Gasteiger partial charge in [-0.3, -0.25) is 4.79 Å². The SMILES string of the molecule is COCCNC(=O)CCNc1ccc(N)c(N)c1. The van der Waals surface area contributed by atoms with Crippen molar-refractivity contribution in [3.63, 3.8) is 0 Å². The number of benzene rings is 1. The summed E-state index contributed by atoms with van der Waals surface area (Å²) in [5, 5.41) is 5.85. The molecule has 0 heterocycles. The standard InChI is InChI=1S/C12H20N4O2/c1-18-7-6-16-12(17)4-5-15-9-2-3-10(13)11(14)8-9/h2-3,8,15H,4-7,13-14H2,1H3,(H,16,17). The van der Waals surface area contributed by atoms with E-state index in [0.29, 0.717) is 37.5 Å². The lowest BCUT2D eigenvalue weighted by molar-refractivity contribution is -0.121. The zero-order valence-corrected chi connectivity index (χ0v) is 10.5. The topological polar surface area (TPSA) is 102 Å². The molecule has 1 rings (SSSR count). The lowest BCUT2D eigenvalue weighted by Gasteiger charge is -2.08. The third-order valence-corrected chi connectivity index (χ3v) is 2.40. The summed E-state index contributed by atoms with van der Waals surface area (Å²) in [5.41, 5.74) is 13.2. The molecule has 0 aliphatic heterocycles. The number of nitrogen functional groups attached to an aromatic ring is 2. The molecule has 1 aromatic rings. The van der Waals surface area contributed by atoms with E-state index in [1.807, 2.05) is 6.07 Å². The Morgan fingerprint density at radius 2 is 2.06 bits per heavy atom. The fourth-order valence-electron chi connectivity index (χ4n) is 1.39. The summed E-state index contributed by atoms with van der Waals surface area (Å²) in [7, 11) is 1.60. The lowest BCUT2D eigenvalue weighted by Crippen LogP contribution is -2.28. The first-order valence-corrected chi connectivity index (χ1v) is 5.78. The van der Waals surface area contributed by atoms with Gasteiger partial charge in [0.15, 0.2) is 0 Å². The van der Waals surface area contributed by atoms with Gasteiger partial charge in [-0.2, -0.15) is 0 Å². The predicted octanol–water partition coefficient (Wildman–Crippen LogP) is 0.416. The monoisotopic (exact) mass is 252 g/mol. The predicted molar refractivity (Wildman–Crippen MR) is 73.3 cm³/mol. The van der Waals surface area contributed by atoms with Crippen molar-refractivity contribution >= 4 is 23.0 Å². The smallest absolute Gasteiger partial charge is 0.221 e. The highest BCUT2D eigenvalue weighted by Crippen LogP contribution is 2.19. The number of hydrogen-bond donors (Lipinski definition) is 4. The molecule has 18 heavy (non-hydrogen) atoms. The summed E-state index contributed by atoms with van der Waals surface area (Å²) in [6, 6.07) is 5.31. The van der Waals surface area contributed by atoms with Gasteiger partial charge in [0.25, 0.3) is 0 Å². The van der Waals surface area contributed by atoms with E-state index in [1.54, 1.807) is 19.2 Å². The molecular formula is C12H20N4O2. The normalized spacial score (nSPS) is 10.1. The maximum absolute atomic E-state index is 11.4. The van der Waals surface area contributed by atoms with E-state index in [1.165, 1.54) is 0 Å². The van der Waals surface area contributed by atoms with Crippen LogP contribution >= 0.6 is 0 Å². The van der Waals surface area contributed by atoms with E-state index < -0.39 is 0 Å². The molecule has 1 amide bonds. The number of carbonyl (C=O) groups is 1. The van der Waals surface area contributed by atoms with Crippen LogP contribution in [-0.2, 0) is 9.53 Å². The second kappa shape index (κ2) is 7.39. The summed E-state index contributed by atoms with van der Waals surface area (Å²) < 4.78 is 4.83. The minimum Gasteiger partial charge on any atom is -0.397 e. The second-order valence-electron chi connectivity index (χ2n) is 3.86. The second-order valence-corrected chi connectivity index (χ2v) is 3.86. The van der Waals surface area contributed by atoms with Crippen LogP contribution in [0.2, 0.25) is 0 Å². The molecule has 6 nitrogen and oxygen atoms in total. The van der Waals surface area contributed by atoms with E-state index in [2.05, 4.69) is 10.6 Å². The zero-order valence-electron chi connectivity index (χ0n) is 10.5. The van der Waals surface area contributed by atoms with Crippen molar-refractivity contribution < 1.29 is 9.53 Å². The summed E-state index contributed by atoms with van der Waals surface area (Å²) in [4.78, 5) is 11.4. The quantitative estimate of drug-likeness (QED) is 0.416. The van der Waals surface area contributed by atoms with Gasteiger partial charge in [-0.05, 0) is 18.2 Å². The van der Waals surface area contributed by atoms with Crippen LogP contribution < -0.4 is 22.1 Å². The Morgan fingerprint density at radius 3 is 2.72 bits per heavy atom. The summed E-state index contributed by atoms with van der Waals surface area (Å²) in [6.45, 7) is 1.60. The molecule has 0 fully saturated rings. The third-order valence-electron chi connectivity index (χ3n) is 2.40. The highest BCUT2D eigenvalue weighted by Gasteiger charge is 2.01. The molecule has 0 aromatic heterocycles. The van der Waals surface area contributed by atoms with Crippen molar-refractivity contribution in [2.45, 2.75) is 6.42 Å². The van der Waals surface area contributed by atoms with Gasteiger partial charge in [0.05, 0.1) is 18.0 Å². The average molecular weight is 252 g/mol. The number of nitrogens with one attached hydrogen (secondary N) is 2. The molecule has 0 saturated heterocycles. The first-order valence-electron chi connectivity index (χ1n) is 5.78. The molecule has 1 aromatic carbocycles. The number of hydrogen-bond acceptors (Lipinski definition) is 5. The van der Waals surface area contributed by atoms with Gasteiger partial charge in [-0.1, -0.05) is 0 Å². The van der Waals surface area contributed by atoms with Gasteiger partial charge in [0.1, 0.15) is 0 Å². The molecule has 0 atom stereocenters. The number of ether oxygens (including phenoxy) is 1. The Hall–Kier alpha value is -1.95. The molecule has 0 aliphatic rings. The Labute approximate surface area is 107 Å². The van der Waals surface area contributed by atoms with Gasteiger partial charge in [0.2, 0.25) is 5.91 Å². The Kier molecular flexibility index (Phi) is 5.79. The van der Waals surface area contributed by atoms with Crippen LogP contribution in [0.15, 0.2) is 18.2 Å². The zero-order chi connectivity index (χ0) is 13.4. The Morgan fingerprint density at radius 1 is 1.28 bits per heavy atom. The number of carbonyl (C=O) groups excluding carboxylic acids is 1. The first-order chi connectivity index (χ1) is 8.63. The number of amides is 1. The molecule has 0 unspecified atom stereocenters. The number of methoxy groups -OCH3 is 1. The van der Waals surface area contributed by atoms with Crippen LogP contribution in [0.3, 0.4) is 0 Å². The van der Waals surface area contributed by atoms with Gasteiger partial charge in [-0.25, -0.2) is 0 Å². The number of rotatable bonds is 7. The largest absolute Gasteiger partial charge is 0.397 e. The minimum atomic E-state index is -0.0111. The average Bonchev–Trinajstić information content (AvgIpc) is 2.34. The molecule has 0 aliphatic carbocycles. The molecule has 0 radical (unpaired) electrons. The van der Waals surface area contributed by atoms with E-state index in [0.717, 1.165) is 5.69 Å². The fourth-order valence-corrected chi connectivity index (χ4v) is 1.39. The van der Waals surface area contributed by atoms with E-state index in [9.17, 15) is 4.79 Å². The van der Waals surface area contributed by atoms with Crippen molar-refractivity contribution in [2.75, 3.05) is 43.6 Å². The maximum Gasteiger partial charge on any atom is 0.221 e. The van der Waals surface area contributed by atoms with Crippen LogP contribution in [0, 0.1) is 0 Å². The molecule has 6 heteroatoms. The van der Waals surface area contributed by atoms with E-state index in [4.69, 9.17) is 16.2 Å². The highest BCUT2D eigenvalue weighted by atomic mass is 16.5. The van der Waals surface area contributed by atoms with Gasteiger partial charge in [-0.15, -0.1) is 0 Å².